The van der Waals surface area contributed by atoms with Gasteiger partial charge in [-0.25, -0.2) is 8.42 Å². The second-order valence-corrected chi connectivity index (χ2v) is 6.98. The van der Waals surface area contributed by atoms with Gasteiger partial charge in [-0.1, -0.05) is 26.7 Å². The van der Waals surface area contributed by atoms with Crippen molar-refractivity contribution in [3.8, 4) is 0 Å². The first-order chi connectivity index (χ1) is 8.45. The first kappa shape index (κ1) is 17.9. The van der Waals surface area contributed by atoms with E-state index in [4.69, 9.17) is 0 Å². The van der Waals surface area contributed by atoms with Crippen molar-refractivity contribution >= 4 is 10.0 Å². The van der Waals surface area contributed by atoms with Crippen LogP contribution in [0.2, 0.25) is 0 Å². The molecular weight excluding hydrogens is 248 g/mol. The van der Waals surface area contributed by atoms with E-state index in [1.165, 1.54) is 0 Å². The highest BCUT2D eigenvalue weighted by atomic mass is 32.2. The number of rotatable bonds is 11. The van der Waals surface area contributed by atoms with Gasteiger partial charge in [-0.3, -0.25) is 0 Å². The van der Waals surface area contributed by atoms with Gasteiger partial charge in [0.05, 0.1) is 5.75 Å². The molecule has 0 saturated carbocycles. The molecular formula is C13H30N2O2S. The molecule has 0 aromatic heterocycles. The summed E-state index contributed by atoms with van der Waals surface area (Å²) in [5.41, 5.74) is 0. The summed E-state index contributed by atoms with van der Waals surface area (Å²) >= 11 is 0. The second kappa shape index (κ2) is 9.75. The van der Waals surface area contributed by atoms with E-state index in [-0.39, 0.29) is 11.8 Å². The standard InChI is InChI=1S/C13H30N2O2S/c1-5-7-8-11-15(13(3)4)18(16,17)12-9-10-14-6-2/h13-14H,5-12H2,1-4H3. The third-order valence-corrected chi connectivity index (χ3v) is 5.04. The van der Waals surface area contributed by atoms with Crippen molar-refractivity contribution in [1.82, 2.24) is 9.62 Å². The Bertz CT molecular complexity index is 289. The van der Waals surface area contributed by atoms with Gasteiger partial charge < -0.3 is 5.32 Å². The zero-order valence-corrected chi connectivity index (χ0v) is 13.2. The first-order valence-corrected chi connectivity index (χ1v) is 8.76. The Morgan fingerprint density at radius 1 is 1.11 bits per heavy atom. The van der Waals surface area contributed by atoms with Crippen molar-refractivity contribution < 1.29 is 8.42 Å². The number of hydrogen-bond acceptors (Lipinski definition) is 3. The van der Waals surface area contributed by atoms with Crippen LogP contribution in [0.25, 0.3) is 0 Å². The van der Waals surface area contributed by atoms with Gasteiger partial charge in [-0.2, -0.15) is 4.31 Å². The fraction of sp³-hybridized carbons (Fsp3) is 1.00. The van der Waals surface area contributed by atoms with E-state index in [0.717, 1.165) is 32.4 Å². The van der Waals surface area contributed by atoms with Crippen LogP contribution in [0.15, 0.2) is 0 Å². The maximum atomic E-state index is 12.2. The lowest BCUT2D eigenvalue weighted by Gasteiger charge is -2.26. The zero-order chi connectivity index (χ0) is 14.0. The van der Waals surface area contributed by atoms with Crippen LogP contribution in [0.4, 0.5) is 0 Å². The third kappa shape index (κ3) is 7.34. The van der Waals surface area contributed by atoms with E-state index in [9.17, 15) is 8.42 Å². The van der Waals surface area contributed by atoms with Crippen LogP contribution in [0, 0.1) is 0 Å². The Labute approximate surface area is 113 Å². The molecule has 18 heavy (non-hydrogen) atoms. The summed E-state index contributed by atoms with van der Waals surface area (Å²) in [6.07, 6.45) is 3.86. The Kier molecular flexibility index (Phi) is 9.68. The largest absolute Gasteiger partial charge is 0.317 e. The van der Waals surface area contributed by atoms with Gasteiger partial charge >= 0.3 is 0 Å². The molecule has 0 fully saturated rings. The number of nitrogens with one attached hydrogen (secondary N) is 1. The van der Waals surface area contributed by atoms with E-state index >= 15 is 0 Å². The van der Waals surface area contributed by atoms with E-state index in [0.29, 0.717) is 13.0 Å². The fourth-order valence-electron chi connectivity index (χ4n) is 1.91. The van der Waals surface area contributed by atoms with E-state index < -0.39 is 10.0 Å². The molecule has 0 aliphatic heterocycles. The Balaban J connectivity index is 4.28. The summed E-state index contributed by atoms with van der Waals surface area (Å²) in [7, 11) is -3.09. The highest BCUT2D eigenvalue weighted by molar-refractivity contribution is 7.89. The van der Waals surface area contributed by atoms with Crippen LogP contribution in [0.1, 0.15) is 53.4 Å². The summed E-state index contributed by atoms with van der Waals surface area (Å²) in [6.45, 7) is 10.4. The van der Waals surface area contributed by atoms with Crippen LogP contribution in [0.5, 0.6) is 0 Å². The molecule has 1 N–H and O–H groups in total. The summed E-state index contributed by atoms with van der Waals surface area (Å²) in [6, 6.07) is 0.0611. The monoisotopic (exact) mass is 278 g/mol. The topological polar surface area (TPSA) is 49.4 Å². The smallest absolute Gasteiger partial charge is 0.214 e. The maximum absolute atomic E-state index is 12.2. The molecule has 0 aliphatic rings. The predicted octanol–water partition coefficient (Wildman–Crippen LogP) is 2.22. The fourth-order valence-corrected chi connectivity index (χ4v) is 3.70. The normalized spacial score (nSPS) is 12.6. The van der Waals surface area contributed by atoms with Crippen molar-refractivity contribution in [2.24, 2.45) is 0 Å². The lowest BCUT2D eigenvalue weighted by atomic mass is 10.2. The van der Waals surface area contributed by atoms with Gasteiger partial charge in [0.25, 0.3) is 0 Å². The minimum absolute atomic E-state index is 0.0611. The number of hydrogen-bond donors (Lipinski definition) is 1. The van der Waals surface area contributed by atoms with Crippen LogP contribution < -0.4 is 5.32 Å². The van der Waals surface area contributed by atoms with Crippen LogP contribution in [-0.4, -0.2) is 44.2 Å². The summed E-state index contributed by atoms with van der Waals surface area (Å²) in [5, 5.41) is 3.16. The zero-order valence-electron chi connectivity index (χ0n) is 12.4. The molecule has 5 heteroatoms. The molecule has 0 spiro atoms. The van der Waals surface area contributed by atoms with Crippen LogP contribution in [-0.2, 0) is 10.0 Å². The van der Waals surface area contributed by atoms with Crippen molar-refractivity contribution in [2.45, 2.75) is 59.4 Å². The van der Waals surface area contributed by atoms with Crippen LogP contribution >= 0.6 is 0 Å². The van der Waals surface area contributed by atoms with E-state index in [1.54, 1.807) is 4.31 Å². The Morgan fingerprint density at radius 3 is 2.28 bits per heavy atom. The SMILES string of the molecule is CCCCCN(C(C)C)S(=O)(=O)CCCNCC. The quantitative estimate of drug-likeness (QED) is 0.590. The highest BCUT2D eigenvalue weighted by Crippen LogP contribution is 2.11. The molecule has 0 rings (SSSR count). The minimum Gasteiger partial charge on any atom is -0.317 e. The number of sulfonamides is 1. The molecule has 0 aromatic rings. The molecule has 0 atom stereocenters. The van der Waals surface area contributed by atoms with Gasteiger partial charge in [0, 0.05) is 12.6 Å². The van der Waals surface area contributed by atoms with Gasteiger partial charge in [-0.15, -0.1) is 0 Å². The van der Waals surface area contributed by atoms with Crippen molar-refractivity contribution in [3.63, 3.8) is 0 Å². The van der Waals surface area contributed by atoms with Gasteiger partial charge in [0.2, 0.25) is 10.0 Å². The van der Waals surface area contributed by atoms with Crippen LogP contribution in [0.3, 0.4) is 0 Å². The third-order valence-electron chi connectivity index (χ3n) is 2.92. The predicted molar refractivity (Wildman–Crippen MR) is 78.3 cm³/mol. The summed E-state index contributed by atoms with van der Waals surface area (Å²) < 4.78 is 26.1. The first-order valence-electron chi connectivity index (χ1n) is 7.16. The molecule has 0 aliphatic carbocycles. The maximum Gasteiger partial charge on any atom is 0.214 e. The Morgan fingerprint density at radius 2 is 1.78 bits per heavy atom. The number of unbranched alkanes of at least 4 members (excludes halogenated alkanes) is 2. The molecule has 0 saturated heterocycles. The van der Waals surface area contributed by atoms with Gasteiger partial charge in [0.1, 0.15) is 0 Å². The summed E-state index contributed by atoms with van der Waals surface area (Å²) in [4.78, 5) is 0. The minimum atomic E-state index is -3.09. The molecule has 110 valence electrons. The molecule has 0 aromatic carbocycles. The Hall–Kier alpha value is -0.130. The van der Waals surface area contributed by atoms with Crippen molar-refractivity contribution in [3.05, 3.63) is 0 Å². The van der Waals surface area contributed by atoms with Crippen molar-refractivity contribution in [1.29, 1.82) is 0 Å². The van der Waals surface area contributed by atoms with Crippen molar-refractivity contribution in [2.75, 3.05) is 25.4 Å². The van der Waals surface area contributed by atoms with E-state index in [2.05, 4.69) is 12.2 Å². The lowest BCUT2D eigenvalue weighted by molar-refractivity contribution is 0.345. The van der Waals surface area contributed by atoms with Gasteiger partial charge in [0.15, 0.2) is 0 Å². The molecule has 4 nitrogen and oxygen atoms in total. The molecule has 0 unspecified atom stereocenters. The molecule has 0 bridgehead atoms. The van der Waals surface area contributed by atoms with E-state index in [1.807, 2.05) is 20.8 Å². The highest BCUT2D eigenvalue weighted by Gasteiger charge is 2.23. The average Bonchev–Trinajstić information content (AvgIpc) is 2.29. The second-order valence-electron chi connectivity index (χ2n) is 4.93. The lowest BCUT2D eigenvalue weighted by Crippen LogP contribution is -2.39. The number of nitrogens with zero attached hydrogens (tertiary/aromatic N) is 1. The average molecular weight is 278 g/mol. The molecule has 0 radical (unpaired) electrons. The summed E-state index contributed by atoms with van der Waals surface area (Å²) in [5.74, 6) is 0.254. The van der Waals surface area contributed by atoms with Gasteiger partial charge in [-0.05, 0) is 39.8 Å². The molecule has 0 amide bonds. The molecule has 0 heterocycles.